The largest absolute Gasteiger partial charge is 0.393 e. The predicted molar refractivity (Wildman–Crippen MR) is 37.9 cm³/mol. The zero-order valence-corrected chi connectivity index (χ0v) is 6.14. The van der Waals surface area contributed by atoms with Gasteiger partial charge in [0.25, 0.3) is 0 Å². The van der Waals surface area contributed by atoms with E-state index in [9.17, 15) is 0 Å². The first kappa shape index (κ1) is 8.67. The van der Waals surface area contributed by atoms with Crippen LogP contribution < -0.4 is 0 Å². The predicted octanol–water partition coefficient (Wildman–Crippen LogP) is -0.731. The Morgan fingerprint density at radius 3 is 2.64 bits per heavy atom. The number of hydrogen-bond donors (Lipinski definition) is 2. The van der Waals surface area contributed by atoms with Crippen molar-refractivity contribution in [2.24, 2.45) is 0 Å². The highest BCUT2D eigenvalue weighted by Gasteiger charge is 2.11. The van der Waals surface area contributed by atoms with Crippen molar-refractivity contribution >= 4 is 0 Å². The molecule has 0 amide bonds. The molecule has 1 aliphatic heterocycles. The van der Waals surface area contributed by atoms with E-state index in [1.165, 1.54) is 6.08 Å². The van der Waals surface area contributed by atoms with Crippen LogP contribution in [0.3, 0.4) is 0 Å². The zero-order chi connectivity index (χ0) is 8.10. The molecule has 1 unspecified atom stereocenters. The van der Waals surface area contributed by atoms with E-state index in [4.69, 9.17) is 19.7 Å². The summed E-state index contributed by atoms with van der Waals surface area (Å²) in [5.41, 5.74) is 0. The summed E-state index contributed by atoms with van der Waals surface area (Å²) in [5.74, 6) is 0. The average Bonchev–Trinajstić information content (AvgIpc) is 2.52. The van der Waals surface area contributed by atoms with Crippen LogP contribution in [0.4, 0.5) is 0 Å². The first-order valence-electron chi connectivity index (χ1n) is 3.53. The molecule has 1 aliphatic rings. The Kier molecular flexibility index (Phi) is 3.51. The van der Waals surface area contributed by atoms with E-state index in [2.05, 4.69) is 0 Å². The lowest BCUT2D eigenvalue weighted by Crippen LogP contribution is -2.10. The number of ether oxygens (including phenoxy) is 2. The van der Waals surface area contributed by atoms with Crippen LogP contribution in [0.5, 0.6) is 0 Å². The van der Waals surface area contributed by atoms with Crippen molar-refractivity contribution in [3.8, 4) is 0 Å². The molecule has 0 saturated carbocycles. The topological polar surface area (TPSA) is 58.9 Å². The molecule has 0 aromatic rings. The van der Waals surface area contributed by atoms with Crippen molar-refractivity contribution in [3.05, 3.63) is 12.2 Å². The second-order valence-electron chi connectivity index (χ2n) is 2.24. The van der Waals surface area contributed by atoms with Crippen molar-refractivity contribution in [2.75, 3.05) is 19.8 Å². The standard InChI is InChI=1S/C7H12O4/c8-5-6(9)1-2-7-10-3-4-11-7/h1-2,6-9H,3-5H2/b2-1+. The third-order valence-corrected chi connectivity index (χ3v) is 1.33. The molecule has 0 aromatic carbocycles. The smallest absolute Gasteiger partial charge is 0.177 e. The van der Waals surface area contributed by atoms with Crippen molar-refractivity contribution in [2.45, 2.75) is 12.4 Å². The van der Waals surface area contributed by atoms with Gasteiger partial charge in [-0.25, -0.2) is 0 Å². The second-order valence-corrected chi connectivity index (χ2v) is 2.24. The molecule has 1 fully saturated rings. The fourth-order valence-corrected chi connectivity index (χ4v) is 0.768. The maximum absolute atomic E-state index is 8.87. The molecular weight excluding hydrogens is 148 g/mol. The number of aliphatic hydroxyl groups is 2. The minimum Gasteiger partial charge on any atom is -0.393 e. The quantitative estimate of drug-likeness (QED) is 0.534. The van der Waals surface area contributed by atoms with E-state index in [0.29, 0.717) is 13.2 Å². The average molecular weight is 160 g/mol. The van der Waals surface area contributed by atoms with Crippen molar-refractivity contribution in [1.82, 2.24) is 0 Å². The summed E-state index contributed by atoms with van der Waals surface area (Å²) in [5, 5.41) is 17.3. The molecule has 11 heavy (non-hydrogen) atoms. The molecule has 4 nitrogen and oxygen atoms in total. The fourth-order valence-electron chi connectivity index (χ4n) is 0.768. The van der Waals surface area contributed by atoms with Crippen molar-refractivity contribution in [1.29, 1.82) is 0 Å². The summed E-state index contributed by atoms with van der Waals surface area (Å²) < 4.78 is 10.1. The highest BCUT2D eigenvalue weighted by atomic mass is 16.7. The molecule has 1 rings (SSSR count). The first-order valence-corrected chi connectivity index (χ1v) is 3.53. The Hall–Kier alpha value is -0.420. The summed E-state index contributed by atoms with van der Waals surface area (Å²) in [6.07, 6.45) is 1.88. The van der Waals surface area contributed by atoms with Crippen LogP contribution in [0.15, 0.2) is 12.2 Å². The molecule has 2 N–H and O–H groups in total. The molecule has 1 heterocycles. The van der Waals surface area contributed by atoms with Crippen LogP contribution in [-0.2, 0) is 9.47 Å². The maximum atomic E-state index is 8.87. The molecule has 1 atom stereocenters. The Balaban J connectivity index is 2.22. The maximum Gasteiger partial charge on any atom is 0.177 e. The first-order chi connectivity index (χ1) is 5.33. The molecule has 0 bridgehead atoms. The molecule has 0 spiro atoms. The fraction of sp³-hybridized carbons (Fsp3) is 0.714. The Morgan fingerprint density at radius 2 is 2.09 bits per heavy atom. The summed E-state index contributed by atoms with van der Waals surface area (Å²) in [6, 6.07) is 0. The van der Waals surface area contributed by atoms with E-state index in [-0.39, 0.29) is 12.9 Å². The second kappa shape index (κ2) is 4.46. The summed E-state index contributed by atoms with van der Waals surface area (Å²) >= 11 is 0. The van der Waals surface area contributed by atoms with Gasteiger partial charge in [0.2, 0.25) is 0 Å². The van der Waals surface area contributed by atoms with Gasteiger partial charge < -0.3 is 19.7 Å². The lowest BCUT2D eigenvalue weighted by molar-refractivity contribution is -0.00269. The lowest BCUT2D eigenvalue weighted by atomic mass is 10.3. The third kappa shape index (κ3) is 2.98. The molecule has 0 aromatic heterocycles. The van der Waals surface area contributed by atoms with Gasteiger partial charge in [-0.05, 0) is 6.08 Å². The van der Waals surface area contributed by atoms with E-state index < -0.39 is 6.10 Å². The van der Waals surface area contributed by atoms with Crippen LogP contribution >= 0.6 is 0 Å². The Bertz CT molecular complexity index is 128. The summed E-state index contributed by atoms with van der Waals surface area (Å²) in [4.78, 5) is 0. The molecule has 4 heteroatoms. The zero-order valence-electron chi connectivity index (χ0n) is 6.14. The van der Waals surface area contributed by atoms with Gasteiger partial charge in [0, 0.05) is 0 Å². The van der Waals surface area contributed by atoms with Gasteiger partial charge in [-0.2, -0.15) is 0 Å². The highest BCUT2D eigenvalue weighted by Crippen LogP contribution is 2.04. The Labute approximate surface area is 65.0 Å². The highest BCUT2D eigenvalue weighted by molar-refractivity contribution is 4.91. The monoisotopic (exact) mass is 160 g/mol. The van der Waals surface area contributed by atoms with Gasteiger partial charge in [-0.3, -0.25) is 0 Å². The minimum atomic E-state index is -0.817. The van der Waals surface area contributed by atoms with Crippen LogP contribution in [-0.4, -0.2) is 42.4 Å². The molecule has 1 saturated heterocycles. The van der Waals surface area contributed by atoms with Gasteiger partial charge in [0.15, 0.2) is 6.29 Å². The normalized spacial score (nSPS) is 23.1. The minimum absolute atomic E-state index is 0.275. The van der Waals surface area contributed by atoms with E-state index in [1.807, 2.05) is 0 Å². The van der Waals surface area contributed by atoms with Crippen LogP contribution in [0.1, 0.15) is 0 Å². The molecule has 0 radical (unpaired) electrons. The molecule has 64 valence electrons. The SMILES string of the molecule is OCC(O)/C=C/C1OCCO1. The number of aliphatic hydroxyl groups excluding tert-OH is 2. The van der Waals surface area contributed by atoms with E-state index >= 15 is 0 Å². The van der Waals surface area contributed by atoms with Crippen LogP contribution in [0.2, 0.25) is 0 Å². The van der Waals surface area contributed by atoms with Gasteiger partial charge in [-0.15, -0.1) is 0 Å². The van der Waals surface area contributed by atoms with Gasteiger partial charge >= 0.3 is 0 Å². The summed E-state index contributed by atoms with van der Waals surface area (Å²) in [6.45, 7) is 0.900. The van der Waals surface area contributed by atoms with Crippen molar-refractivity contribution in [3.63, 3.8) is 0 Å². The van der Waals surface area contributed by atoms with Gasteiger partial charge in [0.1, 0.15) is 0 Å². The summed E-state index contributed by atoms with van der Waals surface area (Å²) in [7, 11) is 0. The molecule has 0 aliphatic carbocycles. The van der Waals surface area contributed by atoms with Gasteiger partial charge in [-0.1, -0.05) is 6.08 Å². The van der Waals surface area contributed by atoms with Crippen LogP contribution in [0, 0.1) is 0 Å². The Morgan fingerprint density at radius 1 is 1.45 bits per heavy atom. The van der Waals surface area contributed by atoms with Crippen LogP contribution in [0.25, 0.3) is 0 Å². The third-order valence-electron chi connectivity index (χ3n) is 1.33. The van der Waals surface area contributed by atoms with E-state index in [1.54, 1.807) is 6.08 Å². The van der Waals surface area contributed by atoms with E-state index in [0.717, 1.165) is 0 Å². The lowest BCUT2D eigenvalue weighted by Gasteiger charge is -2.03. The number of rotatable bonds is 3. The van der Waals surface area contributed by atoms with Gasteiger partial charge in [0.05, 0.1) is 25.9 Å². The molecular formula is C7H12O4. The van der Waals surface area contributed by atoms with Crippen molar-refractivity contribution < 1.29 is 19.7 Å². The number of hydrogen-bond acceptors (Lipinski definition) is 4.